The molecule has 1 saturated carbocycles. The average Bonchev–Trinajstić information content (AvgIpc) is 3.46. The van der Waals surface area contributed by atoms with E-state index >= 15 is 4.39 Å². The molecule has 0 N–H and O–H groups in total. The number of nitrogens with zero attached hydrogens (tertiary/aromatic N) is 3. The van der Waals surface area contributed by atoms with Crippen LogP contribution in [0.4, 0.5) is 10.1 Å². The van der Waals surface area contributed by atoms with Crippen LogP contribution in [0.25, 0.3) is 33.5 Å². The van der Waals surface area contributed by atoms with Gasteiger partial charge in [-0.05, 0) is 98.0 Å². The molecule has 0 aliphatic heterocycles. The summed E-state index contributed by atoms with van der Waals surface area (Å²) in [5, 5.41) is 0.632. The second-order valence-electron chi connectivity index (χ2n) is 12.6. The molecule has 1 fully saturated rings. The molecule has 4 aromatic carbocycles. The van der Waals surface area contributed by atoms with Crippen LogP contribution in [0.1, 0.15) is 74.8 Å². The van der Waals surface area contributed by atoms with Gasteiger partial charge in [-0.1, -0.05) is 49.1 Å². The Hall–Kier alpha value is -4.69. The molecular weight excluding hydrogens is 629 g/mol. The third kappa shape index (κ3) is 6.81. The maximum Gasteiger partial charge on any atom is 0.337 e. The summed E-state index contributed by atoms with van der Waals surface area (Å²) in [6.07, 6.45) is 5.33. The molecule has 0 bridgehead atoms. The zero-order chi connectivity index (χ0) is 33.9. The van der Waals surface area contributed by atoms with Crippen molar-refractivity contribution in [3.05, 3.63) is 101 Å². The summed E-state index contributed by atoms with van der Waals surface area (Å²) in [6, 6.07) is 23.7. The first kappa shape index (κ1) is 33.2. The highest BCUT2D eigenvalue weighted by Crippen LogP contribution is 2.38. The largest absolute Gasteiger partial charge is 0.489 e. The van der Waals surface area contributed by atoms with Crippen molar-refractivity contribution >= 4 is 40.2 Å². The predicted octanol–water partition coefficient (Wildman–Crippen LogP) is 9.79. The van der Waals surface area contributed by atoms with Crippen LogP contribution in [0.3, 0.4) is 0 Å². The Kier molecular flexibility index (Phi) is 9.83. The highest BCUT2D eigenvalue weighted by atomic mass is 35.5. The molecule has 48 heavy (non-hydrogen) atoms. The first-order chi connectivity index (χ1) is 23.1. The number of carbonyl (C=O) groups excluding carboxylic acids is 2. The number of benzene rings is 4. The van der Waals surface area contributed by atoms with Crippen LogP contribution in [0.5, 0.6) is 5.75 Å². The molecule has 5 aromatic rings. The minimum absolute atomic E-state index is 0.0378. The third-order valence-electron chi connectivity index (χ3n) is 9.00. The number of methoxy groups -OCH3 is 1. The minimum atomic E-state index is -0.456. The van der Waals surface area contributed by atoms with Gasteiger partial charge in [0.2, 0.25) is 5.91 Å². The molecule has 0 spiro atoms. The molecule has 1 aromatic heterocycles. The number of carbonyl (C=O) groups is 2. The number of hydrogen-bond donors (Lipinski definition) is 0. The highest BCUT2D eigenvalue weighted by molar-refractivity contribution is 6.30. The summed E-state index contributed by atoms with van der Waals surface area (Å²) >= 11 is 6.16. The van der Waals surface area contributed by atoms with Crippen molar-refractivity contribution in [1.29, 1.82) is 0 Å². The van der Waals surface area contributed by atoms with Gasteiger partial charge in [-0.2, -0.15) is 0 Å². The number of esters is 1. The second kappa shape index (κ2) is 14.2. The van der Waals surface area contributed by atoms with Gasteiger partial charge in [0.25, 0.3) is 0 Å². The van der Waals surface area contributed by atoms with Gasteiger partial charge in [-0.25, -0.2) is 14.2 Å². The number of aromatic nitrogens is 2. The van der Waals surface area contributed by atoms with Gasteiger partial charge in [0, 0.05) is 35.8 Å². The molecule has 7 nitrogen and oxygen atoms in total. The number of imidazole rings is 1. The van der Waals surface area contributed by atoms with Gasteiger partial charge >= 0.3 is 5.97 Å². The Labute approximate surface area is 285 Å². The first-order valence-corrected chi connectivity index (χ1v) is 16.7. The van der Waals surface area contributed by atoms with E-state index in [9.17, 15) is 9.59 Å². The fourth-order valence-electron chi connectivity index (χ4n) is 6.77. The molecular formula is C39H39ClFN3O4. The van der Waals surface area contributed by atoms with Gasteiger partial charge < -0.3 is 18.9 Å². The van der Waals surface area contributed by atoms with Crippen molar-refractivity contribution in [3.8, 4) is 28.3 Å². The van der Waals surface area contributed by atoms with E-state index in [1.54, 1.807) is 36.1 Å². The summed E-state index contributed by atoms with van der Waals surface area (Å²) in [6.45, 7) is 5.63. The number of fused-ring (bicyclic) bond motifs is 1. The first-order valence-electron chi connectivity index (χ1n) is 16.4. The smallest absolute Gasteiger partial charge is 0.337 e. The second-order valence-corrected chi connectivity index (χ2v) is 13.0. The van der Waals surface area contributed by atoms with Crippen molar-refractivity contribution in [2.45, 2.75) is 71.6 Å². The van der Waals surface area contributed by atoms with Crippen molar-refractivity contribution in [1.82, 2.24) is 9.55 Å². The fourth-order valence-corrected chi connectivity index (χ4v) is 6.90. The summed E-state index contributed by atoms with van der Waals surface area (Å²) in [4.78, 5) is 31.3. The maximum absolute atomic E-state index is 16.1. The van der Waals surface area contributed by atoms with Crippen molar-refractivity contribution in [2.75, 3.05) is 12.0 Å². The van der Waals surface area contributed by atoms with E-state index in [0.29, 0.717) is 33.2 Å². The van der Waals surface area contributed by atoms with Crippen LogP contribution in [-0.4, -0.2) is 34.6 Å². The van der Waals surface area contributed by atoms with Crippen LogP contribution < -0.4 is 9.64 Å². The lowest BCUT2D eigenvalue weighted by atomic mass is 9.94. The summed E-state index contributed by atoms with van der Waals surface area (Å²) in [5.41, 5.74) is 5.71. The zero-order valence-corrected chi connectivity index (χ0v) is 28.4. The number of anilines is 1. The summed E-state index contributed by atoms with van der Waals surface area (Å²) in [7, 11) is 1.35. The van der Waals surface area contributed by atoms with Crippen LogP contribution >= 0.6 is 11.6 Å². The lowest BCUT2D eigenvalue weighted by molar-refractivity contribution is -0.116. The van der Waals surface area contributed by atoms with Crippen molar-refractivity contribution in [3.63, 3.8) is 0 Å². The molecule has 1 aliphatic carbocycles. The lowest BCUT2D eigenvalue weighted by Gasteiger charge is -2.27. The Bertz CT molecular complexity index is 1960. The molecule has 1 aliphatic rings. The van der Waals surface area contributed by atoms with Crippen LogP contribution in [0.2, 0.25) is 5.02 Å². The minimum Gasteiger partial charge on any atom is -0.489 e. The molecule has 9 heteroatoms. The quantitative estimate of drug-likeness (QED) is 0.146. The number of rotatable bonds is 9. The number of hydrogen-bond acceptors (Lipinski definition) is 5. The summed E-state index contributed by atoms with van der Waals surface area (Å²) in [5.74, 6) is -0.0684. The highest BCUT2D eigenvalue weighted by Gasteiger charge is 2.25. The van der Waals surface area contributed by atoms with E-state index in [2.05, 4.69) is 4.57 Å². The van der Waals surface area contributed by atoms with E-state index in [4.69, 9.17) is 26.1 Å². The molecule has 0 radical (unpaired) electrons. The Morgan fingerprint density at radius 3 is 2.35 bits per heavy atom. The van der Waals surface area contributed by atoms with E-state index < -0.39 is 11.8 Å². The van der Waals surface area contributed by atoms with Crippen LogP contribution in [0.15, 0.2) is 78.9 Å². The lowest BCUT2D eigenvalue weighted by Crippen LogP contribution is -2.35. The SMILES string of the molecule is COC(=O)c1ccc2c(c1)nc(-c1ccc(OCc3cc(N(C(C)=O)C(C)C)ccc3-c3ccc(Cl)cc3)cc1F)n2C1CCCCC1. The fraction of sp³-hybridized carbons (Fsp3) is 0.308. The van der Waals surface area contributed by atoms with Crippen LogP contribution in [0, 0.1) is 5.82 Å². The average molecular weight is 668 g/mol. The normalized spacial score (nSPS) is 13.6. The van der Waals surface area contributed by atoms with Gasteiger partial charge in [-0.3, -0.25) is 4.79 Å². The number of ether oxygens (including phenoxy) is 2. The number of halogens is 2. The number of amides is 1. The van der Waals surface area contributed by atoms with Crippen molar-refractivity contribution < 1.29 is 23.5 Å². The summed E-state index contributed by atoms with van der Waals surface area (Å²) < 4.78 is 29.3. The molecule has 0 unspecified atom stereocenters. The van der Waals surface area contributed by atoms with Crippen LogP contribution in [-0.2, 0) is 16.1 Å². The van der Waals surface area contributed by atoms with Gasteiger partial charge in [0.05, 0.1) is 29.3 Å². The zero-order valence-electron chi connectivity index (χ0n) is 27.6. The topological polar surface area (TPSA) is 73.7 Å². The van der Waals surface area contributed by atoms with E-state index in [1.165, 1.54) is 19.6 Å². The molecule has 0 atom stereocenters. The predicted molar refractivity (Wildman–Crippen MR) is 188 cm³/mol. The van der Waals surface area contributed by atoms with Gasteiger partial charge in [-0.15, -0.1) is 0 Å². The van der Waals surface area contributed by atoms with E-state index in [1.807, 2.05) is 62.4 Å². The molecule has 6 rings (SSSR count). The molecule has 1 heterocycles. The Balaban J connectivity index is 1.34. The molecule has 248 valence electrons. The molecule has 0 saturated heterocycles. The Morgan fingerprint density at radius 1 is 0.958 bits per heavy atom. The van der Waals surface area contributed by atoms with Gasteiger partial charge in [0.15, 0.2) is 0 Å². The maximum atomic E-state index is 16.1. The monoisotopic (exact) mass is 667 g/mol. The van der Waals surface area contributed by atoms with Gasteiger partial charge in [0.1, 0.15) is 24.0 Å². The van der Waals surface area contributed by atoms with Crippen molar-refractivity contribution in [2.24, 2.45) is 0 Å². The molecule has 1 amide bonds. The van der Waals surface area contributed by atoms with E-state index in [0.717, 1.165) is 53.6 Å². The van der Waals surface area contributed by atoms with E-state index in [-0.39, 0.29) is 24.6 Å². The standard InChI is InChI=1S/C39H39ClFN3O4/c1-24(2)43(25(3)45)31-15-17-33(26-10-13-29(40)14-11-26)28(20-31)23-48-32-16-18-34(35(41)22-32)38-42-36-21-27(39(46)47-4)12-19-37(36)44(38)30-8-6-5-7-9-30/h10-22,24,30H,5-9,23H2,1-4H3. The third-order valence-corrected chi connectivity index (χ3v) is 9.26. The Morgan fingerprint density at radius 2 is 1.69 bits per heavy atom.